The molecule has 1 aromatic rings. The van der Waals surface area contributed by atoms with E-state index in [2.05, 4.69) is 37.9 Å². The number of aryl methyl sites for hydroxylation is 1. The Morgan fingerprint density at radius 1 is 1.44 bits per heavy atom. The Labute approximate surface area is 115 Å². The van der Waals surface area contributed by atoms with Crippen molar-refractivity contribution >= 4 is 16.5 Å². The van der Waals surface area contributed by atoms with Gasteiger partial charge in [0.15, 0.2) is 5.13 Å². The maximum atomic E-state index is 4.79. The molecule has 1 aliphatic heterocycles. The molecule has 1 fully saturated rings. The fourth-order valence-corrected chi connectivity index (χ4v) is 3.90. The van der Waals surface area contributed by atoms with Crippen LogP contribution in [0.25, 0.3) is 0 Å². The van der Waals surface area contributed by atoms with Crippen molar-refractivity contribution in [2.45, 2.75) is 52.6 Å². The van der Waals surface area contributed by atoms with E-state index in [4.69, 9.17) is 4.98 Å². The quantitative estimate of drug-likeness (QED) is 0.910. The summed E-state index contributed by atoms with van der Waals surface area (Å²) in [6.07, 6.45) is 2.64. The summed E-state index contributed by atoms with van der Waals surface area (Å²) in [7, 11) is 2.01. The molecule has 2 heterocycles. The van der Waals surface area contributed by atoms with E-state index in [1.165, 1.54) is 28.5 Å². The zero-order valence-electron chi connectivity index (χ0n) is 12.2. The summed E-state index contributed by atoms with van der Waals surface area (Å²) in [4.78, 5) is 8.66. The third kappa shape index (κ3) is 2.54. The van der Waals surface area contributed by atoms with Crippen LogP contribution in [-0.2, 0) is 0 Å². The van der Waals surface area contributed by atoms with Crippen LogP contribution in [0.5, 0.6) is 0 Å². The molecule has 3 nitrogen and oxygen atoms in total. The lowest BCUT2D eigenvalue weighted by Gasteiger charge is -2.37. The van der Waals surface area contributed by atoms with Gasteiger partial charge in [-0.3, -0.25) is 0 Å². The molecule has 0 amide bonds. The molecule has 1 aromatic heterocycles. The normalized spacial score (nSPS) is 26.4. The Balaban J connectivity index is 2.23. The van der Waals surface area contributed by atoms with Gasteiger partial charge in [0, 0.05) is 23.5 Å². The summed E-state index contributed by atoms with van der Waals surface area (Å²) < 4.78 is 0. The van der Waals surface area contributed by atoms with Crippen molar-refractivity contribution in [2.75, 3.05) is 18.5 Å². The molecule has 0 aliphatic carbocycles. The molecule has 1 N–H and O–H groups in total. The van der Waals surface area contributed by atoms with E-state index in [9.17, 15) is 0 Å². The Bertz CT molecular complexity index is 402. The molecule has 0 saturated carbocycles. The highest BCUT2D eigenvalue weighted by atomic mass is 32.1. The van der Waals surface area contributed by atoms with Gasteiger partial charge in [0.1, 0.15) is 0 Å². The second-order valence-corrected chi connectivity index (χ2v) is 6.52. The first-order valence-corrected chi connectivity index (χ1v) is 7.77. The van der Waals surface area contributed by atoms with Crippen molar-refractivity contribution in [2.24, 2.45) is 5.92 Å². The minimum atomic E-state index is 0.397. The molecule has 102 valence electrons. The second-order valence-electron chi connectivity index (χ2n) is 5.51. The fourth-order valence-electron chi connectivity index (χ4n) is 2.65. The van der Waals surface area contributed by atoms with Crippen molar-refractivity contribution < 1.29 is 0 Å². The van der Waals surface area contributed by atoms with Gasteiger partial charge in [0.25, 0.3) is 0 Å². The van der Waals surface area contributed by atoms with Crippen molar-refractivity contribution in [3.63, 3.8) is 0 Å². The van der Waals surface area contributed by atoms with Crippen LogP contribution in [0.3, 0.4) is 0 Å². The Hall–Kier alpha value is -0.610. The van der Waals surface area contributed by atoms with E-state index in [1.54, 1.807) is 0 Å². The summed E-state index contributed by atoms with van der Waals surface area (Å²) in [6.45, 7) is 10.2. The number of nitrogens with one attached hydrogen (secondary N) is 1. The van der Waals surface area contributed by atoms with Crippen molar-refractivity contribution in [3.8, 4) is 0 Å². The van der Waals surface area contributed by atoms with Gasteiger partial charge >= 0.3 is 0 Å². The van der Waals surface area contributed by atoms with Crippen molar-refractivity contribution in [3.05, 3.63) is 10.6 Å². The molecule has 2 rings (SSSR count). The molecule has 18 heavy (non-hydrogen) atoms. The van der Waals surface area contributed by atoms with Gasteiger partial charge in [-0.2, -0.15) is 0 Å². The standard InChI is InChI=1S/C14H25N3S/c1-9-7-6-8-17(12(9)4)14-16-11(3)13(18-14)10(2)15-5/h9-10,12,15H,6-8H2,1-5H3. The second kappa shape index (κ2) is 5.57. The van der Waals surface area contributed by atoms with Crippen LogP contribution in [0.2, 0.25) is 0 Å². The van der Waals surface area contributed by atoms with Gasteiger partial charge in [-0.15, -0.1) is 11.3 Å². The van der Waals surface area contributed by atoms with Crippen LogP contribution < -0.4 is 10.2 Å². The lowest BCUT2D eigenvalue weighted by atomic mass is 9.93. The first-order chi connectivity index (χ1) is 8.54. The average Bonchev–Trinajstić information content (AvgIpc) is 2.73. The molecule has 3 unspecified atom stereocenters. The lowest BCUT2D eigenvalue weighted by molar-refractivity contribution is 0.363. The number of piperidine rings is 1. The molecule has 4 heteroatoms. The number of hydrogen-bond donors (Lipinski definition) is 1. The highest BCUT2D eigenvalue weighted by molar-refractivity contribution is 7.15. The minimum Gasteiger partial charge on any atom is -0.345 e. The molecule has 0 aromatic carbocycles. The lowest BCUT2D eigenvalue weighted by Crippen LogP contribution is -2.42. The molecule has 0 radical (unpaired) electrons. The predicted molar refractivity (Wildman–Crippen MR) is 79.5 cm³/mol. The molecular formula is C14H25N3S. The summed E-state index contributed by atoms with van der Waals surface area (Å²) in [5.41, 5.74) is 1.18. The van der Waals surface area contributed by atoms with Crippen molar-refractivity contribution in [1.29, 1.82) is 0 Å². The summed E-state index contributed by atoms with van der Waals surface area (Å²) in [5.74, 6) is 0.771. The number of rotatable bonds is 3. The van der Waals surface area contributed by atoms with Crippen molar-refractivity contribution in [1.82, 2.24) is 10.3 Å². The van der Waals surface area contributed by atoms with Crippen LogP contribution in [0.15, 0.2) is 0 Å². The van der Waals surface area contributed by atoms with Gasteiger partial charge in [0.05, 0.1) is 5.69 Å². The monoisotopic (exact) mass is 267 g/mol. The molecule has 1 aliphatic rings. The largest absolute Gasteiger partial charge is 0.345 e. The number of thiazole rings is 1. The van der Waals surface area contributed by atoms with Crippen LogP contribution in [0, 0.1) is 12.8 Å². The van der Waals surface area contributed by atoms with E-state index in [0.29, 0.717) is 12.1 Å². The zero-order valence-corrected chi connectivity index (χ0v) is 13.0. The van der Waals surface area contributed by atoms with E-state index in [1.807, 2.05) is 18.4 Å². The molecule has 0 spiro atoms. The number of aromatic nitrogens is 1. The van der Waals surface area contributed by atoms with Crippen LogP contribution in [0.4, 0.5) is 5.13 Å². The Kier molecular flexibility index (Phi) is 4.28. The summed E-state index contributed by atoms with van der Waals surface area (Å²) in [6, 6.07) is 1.01. The highest BCUT2D eigenvalue weighted by Gasteiger charge is 2.27. The van der Waals surface area contributed by atoms with E-state index in [-0.39, 0.29) is 0 Å². The minimum absolute atomic E-state index is 0.397. The van der Waals surface area contributed by atoms with E-state index >= 15 is 0 Å². The smallest absolute Gasteiger partial charge is 0.186 e. The van der Waals surface area contributed by atoms with Crippen LogP contribution in [0.1, 0.15) is 50.2 Å². The van der Waals surface area contributed by atoms with E-state index in [0.717, 1.165) is 12.5 Å². The third-order valence-corrected chi connectivity index (χ3v) is 5.64. The Morgan fingerprint density at radius 2 is 2.17 bits per heavy atom. The molecule has 0 bridgehead atoms. The number of hydrogen-bond acceptors (Lipinski definition) is 4. The van der Waals surface area contributed by atoms with Gasteiger partial charge < -0.3 is 10.2 Å². The highest BCUT2D eigenvalue weighted by Crippen LogP contribution is 2.35. The first-order valence-electron chi connectivity index (χ1n) is 6.95. The van der Waals surface area contributed by atoms with Crippen LogP contribution in [-0.4, -0.2) is 24.6 Å². The topological polar surface area (TPSA) is 28.2 Å². The number of anilines is 1. The van der Waals surface area contributed by atoms with Gasteiger partial charge in [0.2, 0.25) is 0 Å². The maximum Gasteiger partial charge on any atom is 0.186 e. The molecule has 1 saturated heterocycles. The molecular weight excluding hydrogens is 242 g/mol. The summed E-state index contributed by atoms with van der Waals surface area (Å²) >= 11 is 1.86. The SMILES string of the molecule is CNC(C)c1sc(N2CCCC(C)C2C)nc1C. The number of nitrogens with zero attached hydrogens (tertiary/aromatic N) is 2. The summed E-state index contributed by atoms with van der Waals surface area (Å²) in [5, 5.41) is 4.52. The van der Waals surface area contributed by atoms with Gasteiger partial charge in [-0.1, -0.05) is 6.92 Å². The fraction of sp³-hybridized carbons (Fsp3) is 0.786. The van der Waals surface area contributed by atoms with E-state index < -0.39 is 0 Å². The maximum absolute atomic E-state index is 4.79. The first kappa shape index (κ1) is 13.8. The van der Waals surface area contributed by atoms with Crippen LogP contribution >= 0.6 is 11.3 Å². The van der Waals surface area contributed by atoms with Gasteiger partial charge in [-0.05, 0) is 46.6 Å². The average molecular weight is 267 g/mol. The third-order valence-electron chi connectivity index (χ3n) is 4.27. The molecule has 3 atom stereocenters. The zero-order chi connectivity index (χ0) is 13.3. The Morgan fingerprint density at radius 3 is 2.83 bits per heavy atom. The van der Waals surface area contributed by atoms with Gasteiger partial charge in [-0.25, -0.2) is 4.98 Å². The predicted octanol–water partition coefficient (Wildman–Crippen LogP) is 3.36.